The molecular weight excluding hydrogens is 476 g/mol. The third-order valence-electron chi connectivity index (χ3n) is 8.18. The summed E-state index contributed by atoms with van der Waals surface area (Å²) in [5, 5.41) is 19.1. The number of hydrogen-bond donors (Lipinski definition) is 0. The summed E-state index contributed by atoms with van der Waals surface area (Å²) < 4.78 is 10.9. The SMILES string of the molecule is CCCCCCCCCCCCC1(C#N)CCC(C(=O)Oc2ccc(OC(=O)C(C)(C#N)CC)cc2)CC1. The average Bonchev–Trinajstić information content (AvgIpc) is 2.94. The average molecular weight is 523 g/mol. The number of rotatable bonds is 16. The van der Waals surface area contributed by atoms with E-state index in [9.17, 15) is 20.1 Å². The molecule has 0 N–H and O–H groups in total. The molecule has 0 bridgehead atoms. The van der Waals surface area contributed by atoms with E-state index < -0.39 is 11.4 Å². The lowest BCUT2D eigenvalue weighted by molar-refractivity contribution is -0.142. The molecule has 0 radical (unpaired) electrons. The van der Waals surface area contributed by atoms with E-state index in [0.29, 0.717) is 30.8 Å². The van der Waals surface area contributed by atoms with Gasteiger partial charge in [0.15, 0.2) is 5.41 Å². The van der Waals surface area contributed by atoms with Crippen molar-refractivity contribution in [2.75, 3.05) is 0 Å². The van der Waals surface area contributed by atoms with Gasteiger partial charge in [-0.25, -0.2) is 4.79 Å². The first-order chi connectivity index (χ1) is 18.3. The van der Waals surface area contributed by atoms with Crippen molar-refractivity contribution in [3.8, 4) is 23.6 Å². The highest BCUT2D eigenvalue weighted by Crippen LogP contribution is 2.43. The van der Waals surface area contributed by atoms with Crippen molar-refractivity contribution in [2.24, 2.45) is 16.7 Å². The van der Waals surface area contributed by atoms with Crippen LogP contribution in [0.5, 0.6) is 11.5 Å². The molecule has 6 heteroatoms. The van der Waals surface area contributed by atoms with E-state index in [1.807, 2.05) is 6.07 Å². The Morgan fingerprint density at radius 1 is 0.868 bits per heavy atom. The molecule has 38 heavy (non-hydrogen) atoms. The first kappa shape index (κ1) is 31.4. The summed E-state index contributed by atoms with van der Waals surface area (Å²) in [6.45, 7) is 5.56. The zero-order valence-corrected chi connectivity index (χ0v) is 23.7. The second-order valence-electron chi connectivity index (χ2n) is 11.2. The minimum absolute atomic E-state index is 0.206. The molecule has 0 spiro atoms. The first-order valence-electron chi connectivity index (χ1n) is 14.7. The maximum absolute atomic E-state index is 12.8. The number of carbonyl (C=O) groups is 2. The van der Waals surface area contributed by atoms with Crippen LogP contribution < -0.4 is 9.47 Å². The van der Waals surface area contributed by atoms with Gasteiger partial charge in [-0.2, -0.15) is 10.5 Å². The number of benzene rings is 1. The summed E-state index contributed by atoms with van der Waals surface area (Å²) in [6, 6.07) is 10.9. The highest BCUT2D eigenvalue weighted by molar-refractivity contribution is 5.81. The number of carbonyl (C=O) groups excluding carboxylic acids is 2. The van der Waals surface area contributed by atoms with Crippen molar-refractivity contribution < 1.29 is 19.1 Å². The number of hydrogen-bond acceptors (Lipinski definition) is 6. The molecule has 0 aliphatic heterocycles. The van der Waals surface area contributed by atoms with Gasteiger partial charge in [0.1, 0.15) is 11.5 Å². The van der Waals surface area contributed by atoms with Crippen LogP contribution in [0, 0.1) is 39.4 Å². The molecule has 1 aromatic rings. The molecule has 1 atom stereocenters. The molecule has 1 aromatic carbocycles. The molecule has 2 rings (SSSR count). The molecule has 1 unspecified atom stereocenters. The van der Waals surface area contributed by atoms with Crippen LogP contribution in [0.15, 0.2) is 24.3 Å². The Bertz CT molecular complexity index is 951. The molecular formula is C32H46N2O4. The summed E-state index contributed by atoms with van der Waals surface area (Å²) in [5.74, 6) is -0.400. The lowest BCUT2D eigenvalue weighted by atomic mass is 9.69. The Kier molecular flexibility index (Phi) is 13.4. The summed E-state index contributed by atoms with van der Waals surface area (Å²) in [4.78, 5) is 25.0. The minimum Gasteiger partial charge on any atom is -0.426 e. The first-order valence-corrected chi connectivity index (χ1v) is 14.7. The fraction of sp³-hybridized carbons (Fsp3) is 0.688. The molecule has 0 saturated heterocycles. The molecule has 1 saturated carbocycles. The normalized spacial score (nSPS) is 20.5. The summed E-state index contributed by atoms with van der Waals surface area (Å²) in [7, 11) is 0. The van der Waals surface area contributed by atoms with Gasteiger partial charge >= 0.3 is 11.9 Å². The third-order valence-corrected chi connectivity index (χ3v) is 8.18. The largest absolute Gasteiger partial charge is 0.426 e. The van der Waals surface area contributed by atoms with Crippen LogP contribution >= 0.6 is 0 Å². The zero-order chi connectivity index (χ0) is 27.9. The highest BCUT2D eigenvalue weighted by Gasteiger charge is 2.38. The van der Waals surface area contributed by atoms with E-state index in [1.165, 1.54) is 57.8 Å². The molecule has 0 amide bonds. The fourth-order valence-electron chi connectivity index (χ4n) is 5.04. The van der Waals surface area contributed by atoms with E-state index in [-0.39, 0.29) is 17.3 Å². The Hall–Kier alpha value is -2.86. The van der Waals surface area contributed by atoms with Crippen molar-refractivity contribution in [3.63, 3.8) is 0 Å². The monoisotopic (exact) mass is 522 g/mol. The zero-order valence-electron chi connectivity index (χ0n) is 23.7. The van der Waals surface area contributed by atoms with Crippen molar-refractivity contribution in [1.82, 2.24) is 0 Å². The van der Waals surface area contributed by atoms with Crippen LogP contribution in [0.1, 0.15) is 124 Å². The predicted molar refractivity (Wildman–Crippen MR) is 148 cm³/mol. The lowest BCUT2D eigenvalue weighted by Crippen LogP contribution is -2.31. The van der Waals surface area contributed by atoms with Gasteiger partial charge in [0.05, 0.1) is 23.5 Å². The Labute approximate surface area is 229 Å². The minimum atomic E-state index is -1.20. The predicted octanol–water partition coefficient (Wildman–Crippen LogP) is 8.45. The van der Waals surface area contributed by atoms with Crippen LogP contribution in [0.2, 0.25) is 0 Å². The Balaban J connectivity index is 1.71. The lowest BCUT2D eigenvalue weighted by Gasteiger charge is -2.34. The molecule has 1 aliphatic carbocycles. The quantitative estimate of drug-likeness (QED) is 0.123. The maximum Gasteiger partial charge on any atom is 0.331 e. The van der Waals surface area contributed by atoms with Gasteiger partial charge in [-0.3, -0.25) is 4.79 Å². The number of ether oxygens (including phenoxy) is 2. The standard InChI is InChI=1S/C32H46N2O4/c1-4-6-7-8-9-10-11-12-13-14-21-32(25-34)22-19-26(20-23-32)29(35)37-27-15-17-28(18-16-27)38-30(36)31(3,5-2)24-33/h15-18,26H,4-14,19-23H2,1-3H3. The molecule has 0 aromatic heterocycles. The van der Waals surface area contributed by atoms with Crippen LogP contribution in [0.4, 0.5) is 0 Å². The molecule has 6 nitrogen and oxygen atoms in total. The summed E-state index contributed by atoms with van der Waals surface area (Å²) in [5.41, 5.74) is -1.50. The number of nitrogens with zero attached hydrogens (tertiary/aromatic N) is 2. The van der Waals surface area contributed by atoms with Crippen molar-refractivity contribution >= 4 is 11.9 Å². The van der Waals surface area contributed by atoms with E-state index in [0.717, 1.165) is 25.7 Å². The van der Waals surface area contributed by atoms with Gasteiger partial charge < -0.3 is 9.47 Å². The Morgan fingerprint density at radius 3 is 1.84 bits per heavy atom. The van der Waals surface area contributed by atoms with Crippen LogP contribution in [0.3, 0.4) is 0 Å². The number of unbranched alkanes of at least 4 members (excludes halogenated alkanes) is 9. The molecule has 208 valence electrons. The van der Waals surface area contributed by atoms with Crippen molar-refractivity contribution in [3.05, 3.63) is 24.3 Å². The van der Waals surface area contributed by atoms with Gasteiger partial charge in [-0.05, 0) is 69.7 Å². The summed E-state index contributed by atoms with van der Waals surface area (Å²) in [6.07, 6.45) is 16.9. The van der Waals surface area contributed by atoms with Gasteiger partial charge in [-0.1, -0.05) is 78.1 Å². The topological polar surface area (TPSA) is 100 Å². The van der Waals surface area contributed by atoms with Crippen LogP contribution in [0.25, 0.3) is 0 Å². The number of esters is 2. The number of nitriles is 2. The fourth-order valence-corrected chi connectivity index (χ4v) is 5.04. The van der Waals surface area contributed by atoms with Gasteiger partial charge in [0, 0.05) is 0 Å². The molecule has 1 aliphatic rings. The molecule has 0 heterocycles. The molecule has 1 fully saturated rings. The summed E-state index contributed by atoms with van der Waals surface area (Å²) >= 11 is 0. The van der Waals surface area contributed by atoms with E-state index in [4.69, 9.17) is 9.47 Å². The maximum atomic E-state index is 12.8. The van der Waals surface area contributed by atoms with Gasteiger partial charge in [-0.15, -0.1) is 0 Å². The highest BCUT2D eigenvalue weighted by atomic mass is 16.5. The van der Waals surface area contributed by atoms with E-state index in [2.05, 4.69) is 13.0 Å². The van der Waals surface area contributed by atoms with Crippen LogP contribution in [-0.2, 0) is 9.59 Å². The van der Waals surface area contributed by atoms with E-state index in [1.54, 1.807) is 38.1 Å². The van der Waals surface area contributed by atoms with Gasteiger partial charge in [0.25, 0.3) is 0 Å². The van der Waals surface area contributed by atoms with Crippen LogP contribution in [-0.4, -0.2) is 11.9 Å². The van der Waals surface area contributed by atoms with Gasteiger partial charge in [0.2, 0.25) is 0 Å². The van der Waals surface area contributed by atoms with Crippen molar-refractivity contribution in [2.45, 2.75) is 124 Å². The smallest absolute Gasteiger partial charge is 0.331 e. The van der Waals surface area contributed by atoms with E-state index >= 15 is 0 Å². The second-order valence-corrected chi connectivity index (χ2v) is 11.2. The van der Waals surface area contributed by atoms with Crippen molar-refractivity contribution in [1.29, 1.82) is 10.5 Å². The Morgan fingerprint density at radius 2 is 1.37 bits per heavy atom. The third kappa shape index (κ3) is 9.79. The second kappa shape index (κ2) is 16.2.